The van der Waals surface area contributed by atoms with E-state index >= 15 is 0 Å². The van der Waals surface area contributed by atoms with Crippen molar-refractivity contribution in [1.82, 2.24) is 5.32 Å². The molecule has 0 fully saturated rings. The van der Waals surface area contributed by atoms with Crippen LogP contribution in [0.2, 0.25) is 0 Å². The van der Waals surface area contributed by atoms with Crippen molar-refractivity contribution in [1.29, 1.82) is 0 Å². The number of ether oxygens (including phenoxy) is 1. The van der Waals surface area contributed by atoms with E-state index in [4.69, 9.17) is 9.15 Å². The zero-order valence-electron chi connectivity index (χ0n) is 12.3. The SMILES string of the molecule is CNC(=O)c1cc(OC)ccc1NC(=O)C=Cc1ccco1. The monoisotopic (exact) mass is 300 g/mol. The Morgan fingerprint density at radius 1 is 1.27 bits per heavy atom. The van der Waals surface area contributed by atoms with E-state index in [-0.39, 0.29) is 11.8 Å². The fraction of sp³-hybridized carbons (Fsp3) is 0.125. The van der Waals surface area contributed by atoms with Gasteiger partial charge in [0, 0.05) is 13.1 Å². The van der Waals surface area contributed by atoms with E-state index in [9.17, 15) is 9.59 Å². The number of hydrogen-bond donors (Lipinski definition) is 2. The van der Waals surface area contributed by atoms with Gasteiger partial charge in [0.2, 0.25) is 5.91 Å². The quantitative estimate of drug-likeness (QED) is 0.830. The molecule has 0 atom stereocenters. The standard InChI is InChI=1S/C16H16N2O4/c1-17-16(20)13-10-12(21-2)5-7-14(13)18-15(19)8-6-11-4-3-9-22-11/h3-10H,1-2H3,(H,17,20)(H,18,19). The zero-order valence-corrected chi connectivity index (χ0v) is 12.3. The highest BCUT2D eigenvalue weighted by molar-refractivity contribution is 6.07. The third-order valence-electron chi connectivity index (χ3n) is 2.90. The molecule has 0 aliphatic rings. The molecule has 2 amide bonds. The molecule has 2 aromatic rings. The van der Waals surface area contributed by atoms with Crippen LogP contribution < -0.4 is 15.4 Å². The van der Waals surface area contributed by atoms with Gasteiger partial charge in [0.25, 0.3) is 5.91 Å². The second-order valence-corrected chi connectivity index (χ2v) is 4.33. The summed E-state index contributed by atoms with van der Waals surface area (Å²) < 4.78 is 10.2. The lowest BCUT2D eigenvalue weighted by Crippen LogP contribution is -2.21. The van der Waals surface area contributed by atoms with Crippen molar-refractivity contribution in [3.63, 3.8) is 0 Å². The van der Waals surface area contributed by atoms with Crippen molar-refractivity contribution in [3.8, 4) is 5.75 Å². The molecule has 0 bridgehead atoms. The van der Waals surface area contributed by atoms with Crippen LogP contribution >= 0.6 is 0 Å². The lowest BCUT2D eigenvalue weighted by atomic mass is 10.1. The minimum atomic E-state index is -0.369. The molecule has 0 aliphatic heterocycles. The topological polar surface area (TPSA) is 80.6 Å². The summed E-state index contributed by atoms with van der Waals surface area (Å²) in [5, 5.41) is 5.18. The number of hydrogen-bond acceptors (Lipinski definition) is 4. The normalized spacial score (nSPS) is 10.5. The molecular weight excluding hydrogens is 284 g/mol. The summed E-state index contributed by atoms with van der Waals surface area (Å²) in [5.41, 5.74) is 0.718. The van der Waals surface area contributed by atoms with E-state index in [1.54, 1.807) is 36.4 Å². The number of furan rings is 1. The molecule has 22 heavy (non-hydrogen) atoms. The lowest BCUT2D eigenvalue weighted by molar-refractivity contribution is -0.111. The number of carbonyl (C=O) groups is 2. The van der Waals surface area contributed by atoms with Gasteiger partial charge in [-0.2, -0.15) is 0 Å². The molecule has 2 rings (SSSR count). The van der Waals surface area contributed by atoms with Crippen molar-refractivity contribution in [2.24, 2.45) is 0 Å². The van der Waals surface area contributed by atoms with Crippen molar-refractivity contribution < 1.29 is 18.7 Å². The molecule has 6 heteroatoms. The number of rotatable bonds is 5. The van der Waals surface area contributed by atoms with Gasteiger partial charge in [0.15, 0.2) is 0 Å². The fourth-order valence-electron chi connectivity index (χ4n) is 1.80. The summed E-state index contributed by atoms with van der Waals surface area (Å²) in [6, 6.07) is 8.29. The largest absolute Gasteiger partial charge is 0.497 e. The first kappa shape index (κ1) is 15.4. The van der Waals surface area contributed by atoms with Gasteiger partial charge in [0.05, 0.1) is 24.6 Å². The Morgan fingerprint density at radius 2 is 2.09 bits per heavy atom. The molecule has 0 saturated heterocycles. The number of amides is 2. The van der Waals surface area contributed by atoms with Crippen molar-refractivity contribution >= 4 is 23.6 Å². The molecule has 1 aromatic carbocycles. The Bertz CT molecular complexity index is 690. The van der Waals surface area contributed by atoms with Gasteiger partial charge in [0.1, 0.15) is 11.5 Å². The number of benzene rings is 1. The third kappa shape index (κ3) is 3.76. The first-order valence-electron chi connectivity index (χ1n) is 6.56. The molecule has 0 spiro atoms. The van der Waals surface area contributed by atoms with Crippen LogP contribution in [0.15, 0.2) is 47.1 Å². The van der Waals surface area contributed by atoms with E-state index < -0.39 is 0 Å². The van der Waals surface area contributed by atoms with Crippen molar-refractivity contribution in [2.75, 3.05) is 19.5 Å². The molecule has 6 nitrogen and oxygen atoms in total. The van der Waals surface area contributed by atoms with E-state index in [0.717, 1.165) is 0 Å². The molecule has 0 radical (unpaired) electrons. The Morgan fingerprint density at radius 3 is 2.73 bits per heavy atom. The van der Waals surface area contributed by atoms with E-state index in [2.05, 4.69) is 10.6 Å². The summed E-state index contributed by atoms with van der Waals surface area (Å²) in [6.45, 7) is 0. The smallest absolute Gasteiger partial charge is 0.253 e. The van der Waals surface area contributed by atoms with Gasteiger partial charge < -0.3 is 19.8 Å². The van der Waals surface area contributed by atoms with Crippen LogP contribution in [0.25, 0.3) is 6.08 Å². The minimum Gasteiger partial charge on any atom is -0.497 e. The molecule has 2 N–H and O–H groups in total. The molecular formula is C16H16N2O4. The average molecular weight is 300 g/mol. The Hall–Kier alpha value is -3.02. The molecule has 0 unspecified atom stereocenters. The summed E-state index contributed by atoms with van der Waals surface area (Å²) in [6.07, 6.45) is 4.39. The van der Waals surface area contributed by atoms with Crippen LogP contribution in [0, 0.1) is 0 Å². The molecule has 1 heterocycles. The third-order valence-corrected chi connectivity index (χ3v) is 2.90. The summed E-state index contributed by atoms with van der Waals surface area (Å²) in [7, 11) is 3.03. The molecule has 0 saturated carbocycles. The van der Waals surface area contributed by atoms with Crippen LogP contribution in [-0.4, -0.2) is 26.0 Å². The van der Waals surface area contributed by atoms with Crippen molar-refractivity contribution in [3.05, 3.63) is 54.0 Å². The van der Waals surface area contributed by atoms with Crippen LogP contribution in [0.4, 0.5) is 5.69 Å². The van der Waals surface area contributed by atoms with Gasteiger partial charge >= 0.3 is 0 Å². The van der Waals surface area contributed by atoms with Crippen LogP contribution in [0.5, 0.6) is 5.75 Å². The van der Waals surface area contributed by atoms with Crippen LogP contribution in [0.1, 0.15) is 16.1 Å². The Kier molecular flexibility index (Phi) is 4.98. The maximum Gasteiger partial charge on any atom is 0.253 e. The van der Waals surface area contributed by atoms with E-state index in [1.165, 1.54) is 26.5 Å². The summed E-state index contributed by atoms with van der Waals surface area (Å²) in [4.78, 5) is 23.8. The maximum atomic E-state index is 11.9. The first-order chi connectivity index (χ1) is 10.6. The van der Waals surface area contributed by atoms with E-state index in [1.807, 2.05) is 0 Å². The Balaban J connectivity index is 2.17. The molecule has 0 aliphatic carbocycles. The van der Waals surface area contributed by atoms with Crippen molar-refractivity contribution in [2.45, 2.75) is 0 Å². The highest BCUT2D eigenvalue weighted by Crippen LogP contribution is 2.22. The molecule has 1 aromatic heterocycles. The van der Waals surface area contributed by atoms with Gasteiger partial charge in [-0.1, -0.05) is 0 Å². The van der Waals surface area contributed by atoms with Gasteiger partial charge in [-0.15, -0.1) is 0 Å². The second-order valence-electron chi connectivity index (χ2n) is 4.33. The van der Waals surface area contributed by atoms with Gasteiger partial charge in [-0.05, 0) is 36.4 Å². The highest BCUT2D eigenvalue weighted by Gasteiger charge is 2.12. The van der Waals surface area contributed by atoms with Crippen LogP contribution in [0.3, 0.4) is 0 Å². The zero-order chi connectivity index (χ0) is 15.9. The highest BCUT2D eigenvalue weighted by atomic mass is 16.5. The fourth-order valence-corrected chi connectivity index (χ4v) is 1.80. The lowest BCUT2D eigenvalue weighted by Gasteiger charge is -2.10. The predicted octanol–water partition coefficient (Wildman–Crippen LogP) is 2.30. The van der Waals surface area contributed by atoms with E-state index in [0.29, 0.717) is 22.8 Å². The predicted molar refractivity (Wildman–Crippen MR) is 82.8 cm³/mol. The average Bonchev–Trinajstić information content (AvgIpc) is 3.06. The minimum absolute atomic E-state index is 0.316. The second kappa shape index (κ2) is 7.12. The molecule has 114 valence electrons. The van der Waals surface area contributed by atoms with Crippen LogP contribution in [-0.2, 0) is 4.79 Å². The summed E-state index contributed by atoms with van der Waals surface area (Å²) >= 11 is 0. The van der Waals surface area contributed by atoms with Gasteiger partial charge in [-0.3, -0.25) is 9.59 Å². The number of anilines is 1. The number of methoxy groups -OCH3 is 1. The van der Waals surface area contributed by atoms with Gasteiger partial charge in [-0.25, -0.2) is 0 Å². The number of nitrogens with one attached hydrogen (secondary N) is 2. The Labute approximate surface area is 127 Å². The number of carbonyl (C=O) groups excluding carboxylic acids is 2. The first-order valence-corrected chi connectivity index (χ1v) is 6.56. The summed E-state index contributed by atoms with van der Waals surface area (Å²) in [5.74, 6) is 0.412. The maximum absolute atomic E-state index is 11.9.